The van der Waals surface area contributed by atoms with Crippen LogP contribution >= 0.6 is 0 Å². The van der Waals surface area contributed by atoms with Crippen molar-refractivity contribution in [2.45, 2.75) is 29.9 Å². The molecule has 146 valence electrons. The maximum atomic E-state index is 13.4. The Bertz CT molecular complexity index is 1060. The molecule has 2 aromatic carbocycles. The Morgan fingerprint density at radius 3 is 2.39 bits per heavy atom. The smallest absolute Gasteiger partial charge is 0.243 e. The molecule has 0 saturated carbocycles. The Kier molecular flexibility index (Phi) is 5.10. The normalized spacial score (nSPS) is 21.4. The van der Waals surface area contributed by atoms with E-state index in [0.717, 1.165) is 11.3 Å². The Balaban J connectivity index is 1.72. The van der Waals surface area contributed by atoms with Crippen molar-refractivity contribution in [1.29, 1.82) is 0 Å². The molecule has 0 saturated heterocycles. The van der Waals surface area contributed by atoms with Gasteiger partial charge in [0.2, 0.25) is 10.0 Å². The summed E-state index contributed by atoms with van der Waals surface area (Å²) < 4.78 is 30.3. The zero-order valence-electron chi connectivity index (χ0n) is 15.8. The van der Waals surface area contributed by atoms with Crippen LogP contribution in [0.25, 0.3) is 0 Å². The minimum Gasteiger partial charge on any atom is -0.387 e. The molecule has 3 aromatic rings. The van der Waals surface area contributed by atoms with E-state index >= 15 is 0 Å². The van der Waals surface area contributed by atoms with Crippen LogP contribution < -0.4 is 0 Å². The van der Waals surface area contributed by atoms with Crippen LogP contribution in [0, 0.1) is 0 Å². The van der Waals surface area contributed by atoms with Crippen LogP contribution in [0.5, 0.6) is 0 Å². The summed E-state index contributed by atoms with van der Waals surface area (Å²) in [4.78, 5) is 0.207. The van der Waals surface area contributed by atoms with Gasteiger partial charge in [0, 0.05) is 37.5 Å². The monoisotopic (exact) mass is 396 g/mol. The van der Waals surface area contributed by atoms with Gasteiger partial charge in [-0.1, -0.05) is 48.5 Å². The Morgan fingerprint density at radius 2 is 1.68 bits per heavy atom. The van der Waals surface area contributed by atoms with Gasteiger partial charge >= 0.3 is 0 Å². The lowest BCUT2D eigenvalue weighted by molar-refractivity contribution is 0.0792. The van der Waals surface area contributed by atoms with Crippen LogP contribution in [-0.2, 0) is 29.9 Å². The Labute approximate surface area is 165 Å². The maximum Gasteiger partial charge on any atom is 0.243 e. The molecule has 6 heteroatoms. The van der Waals surface area contributed by atoms with E-state index in [2.05, 4.69) is 0 Å². The standard InChI is InChI=1S/C22H24N2O3S/c1-23-14-7-10-18(23)16-20-22(25)19-11-5-6-12-21(19)28(26,27)24(20)15-13-17-8-3-2-4-9-17/h2-12,14,20,22,25H,13,15-16H2,1H3. The van der Waals surface area contributed by atoms with Gasteiger partial charge in [0.05, 0.1) is 17.0 Å². The highest BCUT2D eigenvalue weighted by molar-refractivity contribution is 7.89. The van der Waals surface area contributed by atoms with Crippen LogP contribution in [0.1, 0.15) is 22.9 Å². The summed E-state index contributed by atoms with van der Waals surface area (Å²) >= 11 is 0. The molecular formula is C22H24N2O3S. The predicted octanol–water partition coefficient (Wildman–Crippen LogP) is 2.92. The van der Waals surface area contributed by atoms with Gasteiger partial charge in [0.15, 0.2) is 0 Å². The maximum absolute atomic E-state index is 13.4. The molecule has 2 atom stereocenters. The van der Waals surface area contributed by atoms with Crippen LogP contribution in [0.15, 0.2) is 77.8 Å². The number of fused-ring (bicyclic) bond motifs is 1. The zero-order valence-corrected chi connectivity index (χ0v) is 16.6. The topological polar surface area (TPSA) is 62.5 Å². The molecule has 0 aliphatic carbocycles. The van der Waals surface area contributed by atoms with E-state index in [1.165, 1.54) is 4.31 Å². The fourth-order valence-corrected chi connectivity index (χ4v) is 5.80. The second-order valence-corrected chi connectivity index (χ2v) is 9.07. The van der Waals surface area contributed by atoms with Crippen LogP contribution in [0.3, 0.4) is 0 Å². The summed E-state index contributed by atoms with van der Waals surface area (Å²) in [5.74, 6) is 0. The molecule has 4 rings (SSSR count). The fourth-order valence-electron chi connectivity index (χ4n) is 3.94. The van der Waals surface area contributed by atoms with Gasteiger partial charge in [-0.25, -0.2) is 8.42 Å². The van der Waals surface area contributed by atoms with Crippen LogP contribution in [0.4, 0.5) is 0 Å². The molecule has 1 aromatic heterocycles. The lowest BCUT2D eigenvalue weighted by Gasteiger charge is -2.39. The largest absolute Gasteiger partial charge is 0.387 e. The molecule has 0 spiro atoms. The van der Waals surface area contributed by atoms with Crippen molar-refractivity contribution in [3.05, 3.63) is 89.7 Å². The third-order valence-electron chi connectivity index (χ3n) is 5.49. The predicted molar refractivity (Wildman–Crippen MR) is 108 cm³/mol. The number of nitrogens with zero attached hydrogens (tertiary/aromatic N) is 2. The number of aliphatic hydroxyl groups is 1. The first-order valence-corrected chi connectivity index (χ1v) is 10.9. The zero-order chi connectivity index (χ0) is 19.7. The lowest BCUT2D eigenvalue weighted by atomic mass is 9.97. The van der Waals surface area contributed by atoms with Crippen molar-refractivity contribution in [1.82, 2.24) is 8.87 Å². The number of hydrogen-bond donors (Lipinski definition) is 1. The molecule has 0 radical (unpaired) electrons. The SMILES string of the molecule is Cn1cccc1CC1C(O)c2ccccc2S(=O)(=O)N1CCc1ccccc1. The average Bonchev–Trinajstić information content (AvgIpc) is 3.11. The second kappa shape index (κ2) is 7.54. The molecule has 28 heavy (non-hydrogen) atoms. The van der Waals surface area contributed by atoms with Crippen molar-refractivity contribution in [2.24, 2.45) is 7.05 Å². The number of hydrogen-bond acceptors (Lipinski definition) is 3. The molecule has 1 N–H and O–H groups in total. The molecule has 0 bridgehead atoms. The van der Waals surface area contributed by atoms with Crippen LogP contribution in [-0.4, -0.2) is 35.0 Å². The number of benzene rings is 2. The van der Waals surface area contributed by atoms with Gasteiger partial charge in [-0.05, 0) is 30.2 Å². The summed E-state index contributed by atoms with van der Waals surface area (Å²) in [6, 6.07) is 20.0. The third kappa shape index (κ3) is 3.39. The van der Waals surface area contributed by atoms with Crippen molar-refractivity contribution in [2.75, 3.05) is 6.54 Å². The van der Waals surface area contributed by atoms with E-state index < -0.39 is 22.2 Å². The van der Waals surface area contributed by atoms with Crippen molar-refractivity contribution in [3.63, 3.8) is 0 Å². The molecule has 5 nitrogen and oxygen atoms in total. The first kappa shape index (κ1) is 18.9. The van der Waals surface area contributed by atoms with E-state index in [0.29, 0.717) is 24.9 Å². The van der Waals surface area contributed by atoms with E-state index in [1.807, 2.05) is 60.3 Å². The molecule has 2 unspecified atom stereocenters. The highest BCUT2D eigenvalue weighted by Gasteiger charge is 2.43. The number of aromatic nitrogens is 1. The average molecular weight is 397 g/mol. The highest BCUT2D eigenvalue weighted by Crippen LogP contribution is 2.38. The van der Waals surface area contributed by atoms with E-state index in [1.54, 1.807) is 24.3 Å². The molecule has 0 amide bonds. The highest BCUT2D eigenvalue weighted by atomic mass is 32.2. The van der Waals surface area contributed by atoms with Crippen molar-refractivity contribution >= 4 is 10.0 Å². The molecule has 2 heterocycles. The fraction of sp³-hybridized carbons (Fsp3) is 0.273. The number of sulfonamides is 1. The Hall–Kier alpha value is -2.41. The summed E-state index contributed by atoms with van der Waals surface area (Å²) in [5.41, 5.74) is 2.55. The van der Waals surface area contributed by atoms with E-state index in [9.17, 15) is 13.5 Å². The summed E-state index contributed by atoms with van der Waals surface area (Å²) in [7, 11) is -1.76. The number of aliphatic hydroxyl groups excluding tert-OH is 1. The molecule has 1 aliphatic rings. The van der Waals surface area contributed by atoms with E-state index in [-0.39, 0.29) is 4.90 Å². The molecule has 1 aliphatic heterocycles. The van der Waals surface area contributed by atoms with Crippen molar-refractivity contribution < 1.29 is 13.5 Å². The van der Waals surface area contributed by atoms with Gasteiger partial charge in [-0.15, -0.1) is 0 Å². The van der Waals surface area contributed by atoms with Gasteiger partial charge < -0.3 is 9.67 Å². The molecular weight excluding hydrogens is 372 g/mol. The first-order valence-electron chi connectivity index (χ1n) is 9.41. The third-order valence-corrected chi connectivity index (χ3v) is 7.49. The quantitative estimate of drug-likeness (QED) is 0.721. The minimum atomic E-state index is -3.69. The molecule has 0 fully saturated rings. The van der Waals surface area contributed by atoms with Crippen LogP contribution in [0.2, 0.25) is 0 Å². The van der Waals surface area contributed by atoms with E-state index in [4.69, 9.17) is 0 Å². The number of aryl methyl sites for hydroxylation is 1. The summed E-state index contributed by atoms with van der Waals surface area (Å²) in [5, 5.41) is 11.1. The lowest BCUT2D eigenvalue weighted by Crippen LogP contribution is -2.49. The minimum absolute atomic E-state index is 0.207. The van der Waals surface area contributed by atoms with Gasteiger partial charge in [0.25, 0.3) is 0 Å². The van der Waals surface area contributed by atoms with Gasteiger partial charge in [0.1, 0.15) is 0 Å². The van der Waals surface area contributed by atoms with Crippen molar-refractivity contribution in [3.8, 4) is 0 Å². The summed E-state index contributed by atoms with van der Waals surface area (Å²) in [6.07, 6.45) is 2.11. The van der Waals surface area contributed by atoms with Gasteiger partial charge in [-0.3, -0.25) is 0 Å². The Morgan fingerprint density at radius 1 is 0.964 bits per heavy atom. The first-order chi connectivity index (χ1) is 13.5. The second-order valence-electron chi connectivity index (χ2n) is 7.22. The number of rotatable bonds is 5. The van der Waals surface area contributed by atoms with Gasteiger partial charge in [-0.2, -0.15) is 4.31 Å². The summed E-state index contributed by atoms with van der Waals surface area (Å²) in [6.45, 7) is 0.326.